The van der Waals surface area contributed by atoms with Gasteiger partial charge in [-0.3, -0.25) is 4.79 Å². The maximum atomic E-state index is 12.3. The molecule has 0 radical (unpaired) electrons. The fraction of sp³-hybridized carbons (Fsp3) is 0.400. The van der Waals surface area contributed by atoms with Gasteiger partial charge in [-0.15, -0.1) is 6.58 Å². The topological polar surface area (TPSA) is 46.3 Å². The molecule has 0 aliphatic carbocycles. The van der Waals surface area contributed by atoms with Crippen LogP contribution in [0.2, 0.25) is 0 Å². The van der Waals surface area contributed by atoms with E-state index >= 15 is 0 Å². The first kappa shape index (κ1) is 16.5. The van der Waals surface area contributed by atoms with Gasteiger partial charge in [-0.2, -0.15) is 0 Å². The summed E-state index contributed by atoms with van der Waals surface area (Å²) in [6.45, 7) is 5.64. The number of ketones is 1. The fourth-order valence-electron chi connectivity index (χ4n) is 3.05. The second kappa shape index (κ2) is 7.95. The number of rotatable bonds is 8. The van der Waals surface area contributed by atoms with Gasteiger partial charge in [0, 0.05) is 25.9 Å². The van der Waals surface area contributed by atoms with E-state index in [1.54, 1.807) is 0 Å². The van der Waals surface area contributed by atoms with Crippen molar-refractivity contribution in [3.63, 3.8) is 0 Å². The molecule has 1 saturated heterocycles. The molecule has 0 bridgehead atoms. The lowest BCUT2D eigenvalue weighted by atomic mass is 10.1. The molecule has 0 saturated carbocycles. The van der Waals surface area contributed by atoms with Gasteiger partial charge in [0.15, 0.2) is 0 Å². The van der Waals surface area contributed by atoms with Gasteiger partial charge >= 0.3 is 0 Å². The summed E-state index contributed by atoms with van der Waals surface area (Å²) in [4.78, 5) is 19.1. The molecule has 1 fully saturated rings. The average molecular weight is 324 g/mol. The summed E-state index contributed by atoms with van der Waals surface area (Å²) in [6.07, 6.45) is 6.93. The Kier molecular flexibility index (Phi) is 5.47. The molecule has 0 amide bonds. The standard InChI is InChI=1S/C20H24N2O2/c1-2-3-5-12-18(23)19-21-17(15-16-10-6-4-7-11-16)20(24-19)22-13-8-9-14-22/h2,4,6-7,10-11H,1,3,5,8-9,12-15H2. The second-order valence-electron chi connectivity index (χ2n) is 6.23. The molecular weight excluding hydrogens is 300 g/mol. The Hall–Kier alpha value is -2.36. The number of anilines is 1. The van der Waals surface area contributed by atoms with Gasteiger partial charge in [0.1, 0.15) is 5.69 Å². The molecule has 1 aliphatic heterocycles. The summed E-state index contributed by atoms with van der Waals surface area (Å²) < 4.78 is 5.90. The summed E-state index contributed by atoms with van der Waals surface area (Å²) in [5.74, 6) is 1.02. The van der Waals surface area contributed by atoms with Crippen molar-refractivity contribution >= 4 is 11.7 Å². The third-order valence-corrected chi connectivity index (χ3v) is 4.34. The van der Waals surface area contributed by atoms with Crippen LogP contribution in [-0.2, 0) is 6.42 Å². The van der Waals surface area contributed by atoms with Crippen LogP contribution >= 0.6 is 0 Å². The molecular formula is C20H24N2O2. The van der Waals surface area contributed by atoms with Crippen LogP contribution in [-0.4, -0.2) is 23.9 Å². The molecule has 24 heavy (non-hydrogen) atoms. The highest BCUT2D eigenvalue weighted by molar-refractivity contribution is 5.92. The van der Waals surface area contributed by atoms with Crippen molar-refractivity contribution in [3.05, 3.63) is 60.1 Å². The van der Waals surface area contributed by atoms with E-state index in [2.05, 4.69) is 28.6 Å². The van der Waals surface area contributed by atoms with E-state index in [4.69, 9.17) is 4.42 Å². The number of oxazole rings is 1. The van der Waals surface area contributed by atoms with Gasteiger partial charge < -0.3 is 9.32 Å². The summed E-state index contributed by atoms with van der Waals surface area (Å²) >= 11 is 0. The molecule has 1 aliphatic rings. The van der Waals surface area contributed by atoms with E-state index in [-0.39, 0.29) is 11.7 Å². The number of hydrogen-bond donors (Lipinski definition) is 0. The van der Waals surface area contributed by atoms with E-state index in [1.165, 1.54) is 5.56 Å². The molecule has 4 heteroatoms. The van der Waals surface area contributed by atoms with Crippen molar-refractivity contribution in [2.75, 3.05) is 18.0 Å². The second-order valence-corrected chi connectivity index (χ2v) is 6.23. The number of nitrogens with zero attached hydrogens (tertiary/aromatic N) is 2. The Morgan fingerprint density at radius 2 is 2.00 bits per heavy atom. The maximum Gasteiger partial charge on any atom is 0.265 e. The zero-order valence-corrected chi connectivity index (χ0v) is 14.0. The smallest absolute Gasteiger partial charge is 0.265 e. The minimum atomic E-state index is -0.0170. The molecule has 0 spiro atoms. The number of hydrogen-bond acceptors (Lipinski definition) is 4. The van der Waals surface area contributed by atoms with Crippen molar-refractivity contribution in [1.29, 1.82) is 0 Å². The summed E-state index contributed by atoms with van der Waals surface area (Å²) in [6, 6.07) is 10.2. The Morgan fingerprint density at radius 1 is 1.25 bits per heavy atom. The first-order chi connectivity index (χ1) is 11.8. The van der Waals surface area contributed by atoms with E-state index in [0.29, 0.717) is 12.8 Å². The first-order valence-corrected chi connectivity index (χ1v) is 8.70. The molecule has 4 nitrogen and oxygen atoms in total. The van der Waals surface area contributed by atoms with Crippen LogP contribution < -0.4 is 4.90 Å². The highest BCUT2D eigenvalue weighted by Crippen LogP contribution is 2.28. The molecule has 2 heterocycles. The van der Waals surface area contributed by atoms with Crippen LogP contribution in [0.15, 0.2) is 47.4 Å². The third-order valence-electron chi connectivity index (χ3n) is 4.34. The predicted molar refractivity (Wildman–Crippen MR) is 95.6 cm³/mol. The molecule has 1 aromatic carbocycles. The minimum Gasteiger partial charge on any atom is -0.417 e. The van der Waals surface area contributed by atoms with Crippen molar-refractivity contribution in [2.24, 2.45) is 0 Å². The lowest BCUT2D eigenvalue weighted by Gasteiger charge is -2.14. The van der Waals surface area contributed by atoms with Crippen molar-refractivity contribution in [3.8, 4) is 0 Å². The highest BCUT2D eigenvalue weighted by Gasteiger charge is 2.24. The Bertz CT molecular complexity index is 685. The number of unbranched alkanes of at least 4 members (excludes halogenated alkanes) is 1. The van der Waals surface area contributed by atoms with Gasteiger partial charge in [-0.1, -0.05) is 36.4 Å². The number of aromatic nitrogens is 1. The number of carbonyl (C=O) groups is 1. The molecule has 3 rings (SSSR count). The molecule has 126 valence electrons. The van der Waals surface area contributed by atoms with E-state index < -0.39 is 0 Å². The van der Waals surface area contributed by atoms with Gasteiger partial charge in [-0.05, 0) is 31.2 Å². The van der Waals surface area contributed by atoms with Crippen LogP contribution in [0.25, 0.3) is 0 Å². The van der Waals surface area contributed by atoms with Crippen LogP contribution in [0.5, 0.6) is 0 Å². The quantitative estimate of drug-likeness (QED) is 0.410. The van der Waals surface area contributed by atoms with Crippen LogP contribution in [0.4, 0.5) is 5.88 Å². The number of allylic oxidation sites excluding steroid dienone is 1. The largest absolute Gasteiger partial charge is 0.417 e. The number of benzene rings is 1. The van der Waals surface area contributed by atoms with Crippen molar-refractivity contribution in [1.82, 2.24) is 4.98 Å². The summed E-state index contributed by atoms with van der Waals surface area (Å²) in [5.41, 5.74) is 2.05. The van der Waals surface area contributed by atoms with Crippen LogP contribution in [0.3, 0.4) is 0 Å². The third kappa shape index (κ3) is 3.94. The maximum absolute atomic E-state index is 12.3. The van der Waals surface area contributed by atoms with Gasteiger partial charge in [-0.25, -0.2) is 4.98 Å². The zero-order chi connectivity index (χ0) is 16.8. The van der Waals surface area contributed by atoms with Gasteiger partial charge in [0.25, 0.3) is 5.89 Å². The average Bonchev–Trinajstić information content (AvgIpc) is 3.25. The Balaban J connectivity index is 1.82. The van der Waals surface area contributed by atoms with E-state index in [9.17, 15) is 4.79 Å². The Morgan fingerprint density at radius 3 is 2.71 bits per heavy atom. The monoisotopic (exact) mass is 324 g/mol. The first-order valence-electron chi connectivity index (χ1n) is 8.70. The zero-order valence-electron chi connectivity index (χ0n) is 14.0. The Labute approximate surface area is 143 Å². The lowest BCUT2D eigenvalue weighted by molar-refractivity contribution is 0.0947. The molecule has 0 unspecified atom stereocenters. The summed E-state index contributed by atoms with van der Waals surface area (Å²) in [5, 5.41) is 0. The van der Waals surface area contributed by atoms with Crippen molar-refractivity contribution in [2.45, 2.75) is 38.5 Å². The number of carbonyl (C=O) groups excluding carboxylic acids is 1. The lowest BCUT2D eigenvalue weighted by Crippen LogP contribution is -2.18. The molecule has 0 N–H and O–H groups in total. The molecule has 1 aromatic heterocycles. The van der Waals surface area contributed by atoms with Crippen LogP contribution in [0, 0.1) is 0 Å². The van der Waals surface area contributed by atoms with E-state index in [0.717, 1.165) is 50.4 Å². The normalized spacial score (nSPS) is 14.1. The predicted octanol–water partition coefficient (Wildman–Crippen LogP) is 4.40. The van der Waals surface area contributed by atoms with Gasteiger partial charge in [0.05, 0.1) is 0 Å². The van der Waals surface area contributed by atoms with Crippen molar-refractivity contribution < 1.29 is 9.21 Å². The molecule has 2 aromatic rings. The molecule has 0 atom stereocenters. The minimum absolute atomic E-state index is 0.0170. The number of Topliss-reactive ketones (excluding diaryl/α,β-unsaturated/α-hetero) is 1. The van der Waals surface area contributed by atoms with Gasteiger partial charge in [0.2, 0.25) is 11.7 Å². The van der Waals surface area contributed by atoms with Crippen LogP contribution in [0.1, 0.15) is 54.0 Å². The van der Waals surface area contributed by atoms with E-state index in [1.807, 2.05) is 24.3 Å². The fourth-order valence-corrected chi connectivity index (χ4v) is 3.05. The SMILES string of the molecule is C=CCCCC(=O)c1nc(Cc2ccccc2)c(N2CCCC2)o1. The summed E-state index contributed by atoms with van der Waals surface area (Å²) in [7, 11) is 0. The highest BCUT2D eigenvalue weighted by atomic mass is 16.4.